The van der Waals surface area contributed by atoms with Crippen molar-refractivity contribution < 1.29 is 52.5 Å². The van der Waals surface area contributed by atoms with Crippen molar-refractivity contribution in [1.29, 1.82) is 0 Å². The van der Waals surface area contributed by atoms with E-state index in [1.807, 2.05) is 0 Å². The van der Waals surface area contributed by atoms with Gasteiger partial charge in [-0.05, 0) is 0 Å². The highest BCUT2D eigenvalue weighted by atomic mass is 31.2. The molecule has 1 saturated heterocycles. The van der Waals surface area contributed by atoms with Crippen molar-refractivity contribution in [1.82, 2.24) is 10.2 Å². The first-order valence-electron chi connectivity index (χ1n) is 7.08. The number of aliphatic hydroxyl groups is 1. The molecule has 0 spiro atoms. The van der Waals surface area contributed by atoms with Gasteiger partial charge in [-0.25, -0.2) is 19.6 Å². The van der Waals surface area contributed by atoms with E-state index in [1.165, 1.54) is 0 Å². The number of rotatable bonds is 12. The molecule has 15 heteroatoms. The largest absolute Gasteiger partial charge is 0.429 e. The lowest BCUT2D eigenvalue weighted by atomic mass is 10.3. The Morgan fingerprint density at radius 2 is 1.24 bits per heavy atom. The normalized spacial score (nSPS) is 17.8. The molecule has 1 aliphatic heterocycles. The predicted molar refractivity (Wildman–Crippen MR) is 81.8 cm³/mol. The highest BCUT2D eigenvalue weighted by Crippen LogP contribution is 2.76. The Morgan fingerprint density at radius 3 is 1.56 bits per heavy atom. The summed E-state index contributed by atoms with van der Waals surface area (Å²) in [5, 5.41) is 11.3. The lowest BCUT2D eigenvalue weighted by molar-refractivity contribution is -0.264. The predicted octanol–water partition coefficient (Wildman–Crippen LogP) is 0.236. The molecule has 0 aromatic rings. The monoisotopic (exact) mass is 410 g/mol. The molecule has 0 aliphatic carbocycles. The molecule has 13 nitrogen and oxygen atoms in total. The smallest absolute Gasteiger partial charge is 0.366 e. The minimum absolute atomic E-state index is 0.433. The zero-order chi connectivity index (χ0) is 19.0. The van der Waals surface area contributed by atoms with E-state index in [0.29, 0.717) is 26.2 Å². The summed E-state index contributed by atoms with van der Waals surface area (Å²) >= 11 is 0. The summed E-state index contributed by atoms with van der Waals surface area (Å²) in [6.07, 6.45) is 0. The molecule has 0 atom stereocenters. The first kappa shape index (κ1) is 23.1. The molecule has 25 heavy (non-hydrogen) atoms. The summed E-state index contributed by atoms with van der Waals surface area (Å²) in [7, 11) is -5.59. The minimum atomic E-state index is -4.81. The van der Waals surface area contributed by atoms with Gasteiger partial charge in [0, 0.05) is 26.2 Å². The van der Waals surface area contributed by atoms with Gasteiger partial charge >= 0.3 is 15.2 Å². The Balaban J connectivity index is 3.35. The number of piperazine rings is 1. The van der Waals surface area contributed by atoms with Crippen LogP contribution in [0.5, 0.6) is 0 Å². The number of nitrogens with one attached hydrogen (secondary N) is 1. The van der Waals surface area contributed by atoms with Crippen molar-refractivity contribution in [2.24, 2.45) is 0 Å². The van der Waals surface area contributed by atoms with Gasteiger partial charge in [-0.3, -0.25) is 14.0 Å². The van der Waals surface area contributed by atoms with Gasteiger partial charge in [0.05, 0.1) is 35.0 Å². The molecular weight excluding hydrogens is 386 g/mol. The van der Waals surface area contributed by atoms with Crippen LogP contribution in [0, 0.1) is 0 Å². The lowest BCUT2D eigenvalue weighted by Gasteiger charge is -2.39. The van der Waals surface area contributed by atoms with Crippen LogP contribution in [0.3, 0.4) is 0 Å². The van der Waals surface area contributed by atoms with Crippen molar-refractivity contribution in [3.63, 3.8) is 0 Å². The number of β-amino-alcohol motifs (C(OH)–C–C–N with tert-alkyl or cyclic N) is 1. The van der Waals surface area contributed by atoms with E-state index < -0.39 is 26.8 Å². The molecule has 1 rings (SSSR count). The molecule has 150 valence electrons. The maximum atomic E-state index is 13.1. The fourth-order valence-corrected chi connectivity index (χ4v) is 5.81. The molecule has 0 aromatic heterocycles. The van der Waals surface area contributed by atoms with Crippen LogP contribution in [0.25, 0.3) is 0 Å². The van der Waals surface area contributed by atoms with E-state index in [0.717, 1.165) is 28.4 Å². The molecule has 0 radical (unpaired) electrons. The van der Waals surface area contributed by atoms with Crippen molar-refractivity contribution >= 4 is 15.2 Å². The number of nitrogens with zero attached hydrogens (tertiary/aromatic N) is 1. The average molecular weight is 410 g/mol. The number of hydrogen-bond acceptors (Lipinski definition) is 13. The molecular formula is C10H24N2O11P2. The molecule has 2 N–H and O–H groups in total. The third-order valence-electron chi connectivity index (χ3n) is 3.21. The molecule has 0 bridgehead atoms. The summed E-state index contributed by atoms with van der Waals surface area (Å²) in [6.45, 7) is 1.52. The second-order valence-electron chi connectivity index (χ2n) is 4.76. The summed E-state index contributed by atoms with van der Waals surface area (Å²) in [4.78, 5) is 19.1. The Labute approximate surface area is 145 Å². The highest BCUT2D eigenvalue weighted by Gasteiger charge is 2.69. The molecule has 0 saturated carbocycles. The van der Waals surface area contributed by atoms with Gasteiger partial charge in [0.2, 0.25) is 0 Å². The third kappa shape index (κ3) is 5.27. The highest BCUT2D eigenvalue weighted by molar-refractivity contribution is 7.73. The Morgan fingerprint density at radius 1 is 0.880 bits per heavy atom. The summed E-state index contributed by atoms with van der Waals surface area (Å²) in [5.41, 5.74) is 0. The lowest BCUT2D eigenvalue weighted by Crippen LogP contribution is -2.51. The summed E-state index contributed by atoms with van der Waals surface area (Å²) in [5.74, 6) is 0. The van der Waals surface area contributed by atoms with Crippen LogP contribution in [-0.4, -0.2) is 76.3 Å². The Bertz CT molecular complexity index is 437. The SMILES string of the molecule is COOP(=O)(OOC)C(O)(CN1CCNCC1)P(=O)(OOC)OOC. The Kier molecular flexibility index (Phi) is 9.57. The van der Waals surface area contributed by atoms with Gasteiger partial charge in [0.1, 0.15) is 0 Å². The van der Waals surface area contributed by atoms with Crippen LogP contribution in [0.2, 0.25) is 0 Å². The van der Waals surface area contributed by atoms with Crippen molar-refractivity contribution in [2.45, 2.75) is 5.08 Å². The van der Waals surface area contributed by atoms with Gasteiger partial charge in [-0.2, -0.15) is 0 Å². The van der Waals surface area contributed by atoms with Crippen LogP contribution < -0.4 is 5.32 Å². The van der Waals surface area contributed by atoms with Crippen molar-refractivity contribution in [3.05, 3.63) is 0 Å². The van der Waals surface area contributed by atoms with Gasteiger partial charge in [0.25, 0.3) is 5.08 Å². The van der Waals surface area contributed by atoms with Crippen LogP contribution in [-0.2, 0) is 47.4 Å². The maximum absolute atomic E-state index is 13.1. The third-order valence-corrected chi connectivity index (χ3v) is 8.10. The zero-order valence-electron chi connectivity index (χ0n) is 14.4. The second-order valence-corrected chi connectivity index (χ2v) is 9.18. The van der Waals surface area contributed by atoms with Gasteiger partial charge < -0.3 is 10.4 Å². The van der Waals surface area contributed by atoms with Gasteiger partial charge in [-0.15, -0.1) is 18.7 Å². The van der Waals surface area contributed by atoms with Gasteiger partial charge in [-0.1, -0.05) is 0 Å². The fraction of sp³-hybridized carbons (Fsp3) is 1.00. The van der Waals surface area contributed by atoms with E-state index in [4.69, 9.17) is 0 Å². The number of hydrogen-bond donors (Lipinski definition) is 2. The maximum Gasteiger partial charge on any atom is 0.429 e. The van der Waals surface area contributed by atoms with E-state index in [9.17, 15) is 14.2 Å². The molecule has 1 fully saturated rings. The van der Waals surface area contributed by atoms with Crippen molar-refractivity contribution in [2.75, 3.05) is 61.2 Å². The van der Waals surface area contributed by atoms with Crippen LogP contribution in [0.15, 0.2) is 0 Å². The first-order chi connectivity index (χ1) is 11.8. The molecule has 0 amide bonds. The van der Waals surface area contributed by atoms with Crippen LogP contribution in [0.1, 0.15) is 0 Å². The minimum Gasteiger partial charge on any atom is -0.366 e. The van der Waals surface area contributed by atoms with Crippen LogP contribution in [0.4, 0.5) is 0 Å². The Hall–Kier alpha value is 0.0200. The molecule has 1 aliphatic rings. The van der Waals surface area contributed by atoms with Crippen molar-refractivity contribution in [3.8, 4) is 0 Å². The average Bonchev–Trinajstić information content (AvgIpc) is 2.56. The summed E-state index contributed by atoms with van der Waals surface area (Å²) in [6, 6.07) is 0. The zero-order valence-corrected chi connectivity index (χ0v) is 16.2. The van der Waals surface area contributed by atoms with E-state index in [2.05, 4.69) is 43.6 Å². The molecule has 0 unspecified atom stereocenters. The van der Waals surface area contributed by atoms with E-state index >= 15 is 0 Å². The van der Waals surface area contributed by atoms with Gasteiger partial charge in [0.15, 0.2) is 0 Å². The first-order valence-corrected chi connectivity index (χ1v) is 10.2. The topological polar surface area (TPSA) is 143 Å². The van der Waals surface area contributed by atoms with Crippen LogP contribution >= 0.6 is 15.2 Å². The standard InChI is InChI=1S/C10H24N2O11P2/c1-16-20-24(14,21-17-2)10(13,9-12-7-5-11-6-8-12)25(15,22-18-3)23-19-4/h11,13H,5-9H2,1-4H3. The second kappa shape index (κ2) is 10.4. The van der Waals surface area contributed by atoms with E-state index in [-0.39, 0.29) is 0 Å². The summed E-state index contributed by atoms with van der Waals surface area (Å²) < 4.78 is 44.5. The quantitative estimate of drug-likeness (QED) is 0.258. The van der Waals surface area contributed by atoms with E-state index in [1.54, 1.807) is 4.90 Å². The molecule has 0 aromatic carbocycles. The molecule has 1 heterocycles. The fourth-order valence-electron chi connectivity index (χ4n) is 2.15.